The van der Waals surface area contributed by atoms with Gasteiger partial charge >= 0.3 is 0 Å². The molecule has 7 heteroatoms. The largest absolute Gasteiger partial charge is 0.384 e. The summed E-state index contributed by atoms with van der Waals surface area (Å²) in [5.74, 6) is 0. The van der Waals surface area contributed by atoms with E-state index < -0.39 is 0 Å². The van der Waals surface area contributed by atoms with Crippen LogP contribution in [-0.4, -0.2) is 16.1 Å². The molecule has 0 radical (unpaired) electrons. The van der Waals surface area contributed by atoms with Gasteiger partial charge in [0.05, 0.1) is 16.9 Å². The van der Waals surface area contributed by atoms with Crippen LogP contribution in [0.1, 0.15) is 18.1 Å². The third kappa shape index (κ3) is 2.98. The molecular formula is C19H18ClN5O. The fraction of sp³-hybridized carbons (Fsp3) is 0.211. The lowest BCUT2D eigenvalue weighted by atomic mass is 10.1. The number of anilines is 3. The number of pyridine rings is 2. The van der Waals surface area contributed by atoms with E-state index in [0.717, 1.165) is 22.3 Å². The van der Waals surface area contributed by atoms with Crippen LogP contribution < -0.4 is 16.2 Å². The zero-order valence-corrected chi connectivity index (χ0v) is 15.5. The standard InChI is InChI=1S/C19H18ClN5O/c1-4-22-17-11(2)19(26)25(3)16-6-5-12(9-13(16)17)24-15-7-8-23-18(20)14(15)10-21/h5-9,22H,4H2,1-3H3,(H,23,24). The van der Waals surface area contributed by atoms with Crippen LogP contribution >= 0.6 is 11.6 Å². The molecule has 0 spiro atoms. The molecule has 0 saturated heterocycles. The van der Waals surface area contributed by atoms with E-state index >= 15 is 0 Å². The van der Waals surface area contributed by atoms with Crippen molar-refractivity contribution < 1.29 is 0 Å². The van der Waals surface area contributed by atoms with Gasteiger partial charge < -0.3 is 15.2 Å². The average Bonchev–Trinajstić information content (AvgIpc) is 2.63. The normalized spacial score (nSPS) is 10.6. The monoisotopic (exact) mass is 367 g/mol. The van der Waals surface area contributed by atoms with E-state index in [0.29, 0.717) is 17.8 Å². The molecule has 0 saturated carbocycles. The highest BCUT2D eigenvalue weighted by Gasteiger charge is 2.13. The van der Waals surface area contributed by atoms with Crippen LogP contribution in [0.3, 0.4) is 0 Å². The number of nitriles is 1. The van der Waals surface area contributed by atoms with Crippen LogP contribution in [0.2, 0.25) is 5.15 Å². The van der Waals surface area contributed by atoms with Gasteiger partial charge in [-0.05, 0) is 38.1 Å². The van der Waals surface area contributed by atoms with Crippen molar-refractivity contribution in [1.82, 2.24) is 9.55 Å². The molecular weight excluding hydrogens is 350 g/mol. The van der Waals surface area contributed by atoms with Crippen LogP contribution in [0.15, 0.2) is 35.3 Å². The molecule has 0 aliphatic heterocycles. The predicted molar refractivity (Wildman–Crippen MR) is 105 cm³/mol. The minimum atomic E-state index is -0.0261. The molecule has 26 heavy (non-hydrogen) atoms. The van der Waals surface area contributed by atoms with Gasteiger partial charge in [0.2, 0.25) is 0 Å². The Morgan fingerprint density at radius 3 is 2.81 bits per heavy atom. The molecule has 2 heterocycles. The third-order valence-corrected chi connectivity index (χ3v) is 4.56. The Kier molecular flexibility index (Phi) is 4.83. The summed E-state index contributed by atoms with van der Waals surface area (Å²) in [6.45, 7) is 4.51. The summed E-state index contributed by atoms with van der Waals surface area (Å²) in [7, 11) is 1.76. The number of aromatic nitrogens is 2. The van der Waals surface area contributed by atoms with Crippen LogP contribution in [0.5, 0.6) is 0 Å². The number of nitrogens with one attached hydrogen (secondary N) is 2. The molecule has 3 aromatic rings. The van der Waals surface area contributed by atoms with Gasteiger partial charge in [-0.25, -0.2) is 4.98 Å². The summed E-state index contributed by atoms with van der Waals surface area (Å²) in [4.78, 5) is 16.4. The first-order valence-electron chi connectivity index (χ1n) is 8.16. The Balaban J connectivity index is 2.17. The molecule has 0 aliphatic carbocycles. The molecule has 1 aromatic carbocycles. The van der Waals surface area contributed by atoms with Crippen molar-refractivity contribution in [2.24, 2.45) is 7.05 Å². The van der Waals surface area contributed by atoms with Crippen molar-refractivity contribution in [3.8, 4) is 6.07 Å². The molecule has 132 valence electrons. The van der Waals surface area contributed by atoms with Crippen molar-refractivity contribution in [3.63, 3.8) is 0 Å². The quantitative estimate of drug-likeness (QED) is 0.682. The third-order valence-electron chi connectivity index (χ3n) is 4.28. The van der Waals surface area contributed by atoms with E-state index in [4.69, 9.17) is 11.6 Å². The SMILES string of the molecule is CCNc1c(C)c(=O)n(C)c2ccc(Nc3ccnc(Cl)c3C#N)cc12. The lowest BCUT2D eigenvalue weighted by Gasteiger charge is -2.16. The van der Waals surface area contributed by atoms with Crippen molar-refractivity contribution in [2.45, 2.75) is 13.8 Å². The second kappa shape index (κ2) is 7.06. The number of fused-ring (bicyclic) bond motifs is 1. The lowest BCUT2D eigenvalue weighted by molar-refractivity contribution is 0.893. The molecule has 6 nitrogen and oxygen atoms in total. The molecule has 2 aromatic heterocycles. The Morgan fingerprint density at radius 1 is 1.35 bits per heavy atom. The summed E-state index contributed by atoms with van der Waals surface area (Å²) >= 11 is 5.99. The highest BCUT2D eigenvalue weighted by Crippen LogP contribution is 2.30. The Labute approximate surface area is 156 Å². The Morgan fingerprint density at radius 2 is 2.12 bits per heavy atom. The van der Waals surface area contributed by atoms with Crippen molar-refractivity contribution >= 4 is 39.6 Å². The molecule has 0 bridgehead atoms. The molecule has 0 atom stereocenters. The summed E-state index contributed by atoms with van der Waals surface area (Å²) in [6, 6.07) is 9.46. The highest BCUT2D eigenvalue weighted by molar-refractivity contribution is 6.31. The van der Waals surface area contributed by atoms with Gasteiger partial charge in [-0.3, -0.25) is 4.79 Å². The second-order valence-corrected chi connectivity index (χ2v) is 6.25. The summed E-state index contributed by atoms with van der Waals surface area (Å²) in [5.41, 5.74) is 3.95. The van der Waals surface area contributed by atoms with Gasteiger partial charge in [-0.1, -0.05) is 11.6 Å². The van der Waals surface area contributed by atoms with E-state index in [-0.39, 0.29) is 16.3 Å². The van der Waals surface area contributed by atoms with Gasteiger partial charge in [0.1, 0.15) is 16.8 Å². The maximum Gasteiger partial charge on any atom is 0.255 e. The van der Waals surface area contributed by atoms with E-state index in [1.54, 1.807) is 23.9 Å². The Bertz CT molecular complexity index is 1100. The fourth-order valence-electron chi connectivity index (χ4n) is 2.98. The van der Waals surface area contributed by atoms with Crippen LogP contribution in [0.25, 0.3) is 10.9 Å². The number of hydrogen-bond acceptors (Lipinski definition) is 5. The fourth-order valence-corrected chi connectivity index (χ4v) is 3.18. The first-order chi connectivity index (χ1) is 12.5. The highest BCUT2D eigenvalue weighted by atomic mass is 35.5. The number of aryl methyl sites for hydroxylation is 1. The number of hydrogen-bond donors (Lipinski definition) is 2. The minimum absolute atomic E-state index is 0.0261. The average molecular weight is 368 g/mol. The van der Waals surface area contributed by atoms with E-state index in [1.165, 1.54) is 0 Å². The molecule has 0 aliphatic rings. The van der Waals surface area contributed by atoms with E-state index in [9.17, 15) is 10.1 Å². The first-order valence-corrected chi connectivity index (χ1v) is 8.54. The zero-order valence-electron chi connectivity index (χ0n) is 14.7. The van der Waals surface area contributed by atoms with Crippen LogP contribution in [-0.2, 0) is 7.05 Å². The van der Waals surface area contributed by atoms with Gasteiger partial charge in [0.25, 0.3) is 5.56 Å². The molecule has 2 N–H and O–H groups in total. The van der Waals surface area contributed by atoms with Gasteiger partial charge in [-0.15, -0.1) is 0 Å². The van der Waals surface area contributed by atoms with Crippen molar-refractivity contribution in [3.05, 3.63) is 57.1 Å². The van der Waals surface area contributed by atoms with E-state index in [1.807, 2.05) is 32.0 Å². The molecule has 0 amide bonds. The minimum Gasteiger partial charge on any atom is -0.384 e. The van der Waals surface area contributed by atoms with Crippen molar-refractivity contribution in [1.29, 1.82) is 5.26 Å². The smallest absolute Gasteiger partial charge is 0.255 e. The number of benzene rings is 1. The van der Waals surface area contributed by atoms with Gasteiger partial charge in [0, 0.05) is 36.4 Å². The van der Waals surface area contributed by atoms with Gasteiger partial charge in [-0.2, -0.15) is 5.26 Å². The van der Waals surface area contributed by atoms with Crippen molar-refractivity contribution in [2.75, 3.05) is 17.2 Å². The maximum atomic E-state index is 12.4. The first kappa shape index (κ1) is 17.8. The summed E-state index contributed by atoms with van der Waals surface area (Å²) < 4.78 is 1.64. The lowest BCUT2D eigenvalue weighted by Crippen LogP contribution is -2.21. The molecule has 0 unspecified atom stereocenters. The summed E-state index contributed by atoms with van der Waals surface area (Å²) in [5, 5.41) is 16.9. The predicted octanol–water partition coefficient (Wildman–Crippen LogP) is 3.94. The topological polar surface area (TPSA) is 82.7 Å². The molecule has 3 rings (SSSR count). The van der Waals surface area contributed by atoms with Crippen LogP contribution in [0.4, 0.5) is 17.1 Å². The maximum absolute atomic E-state index is 12.4. The number of nitrogens with zero attached hydrogens (tertiary/aromatic N) is 3. The molecule has 0 fully saturated rings. The van der Waals surface area contributed by atoms with Crippen LogP contribution in [0, 0.1) is 18.3 Å². The summed E-state index contributed by atoms with van der Waals surface area (Å²) in [6.07, 6.45) is 1.55. The van der Waals surface area contributed by atoms with Gasteiger partial charge in [0.15, 0.2) is 0 Å². The zero-order chi connectivity index (χ0) is 18.8. The Hall–Kier alpha value is -3.04. The number of rotatable bonds is 4. The number of halogens is 1. The van der Waals surface area contributed by atoms with E-state index in [2.05, 4.69) is 21.7 Å². The second-order valence-electron chi connectivity index (χ2n) is 5.89.